The van der Waals surface area contributed by atoms with Crippen molar-refractivity contribution in [2.75, 3.05) is 70.7 Å². The van der Waals surface area contributed by atoms with Crippen LogP contribution in [0.25, 0.3) is 0 Å². The number of carbonyl (C=O) groups excluding carboxylic acids is 1. The van der Waals surface area contributed by atoms with Crippen LogP contribution >= 0.6 is 0 Å². The predicted octanol–water partition coefficient (Wildman–Crippen LogP) is 2.80. The second-order valence-corrected chi connectivity index (χ2v) is 8.45. The average Bonchev–Trinajstić information content (AvgIpc) is 3.15. The van der Waals surface area contributed by atoms with E-state index in [1.54, 1.807) is 7.11 Å². The van der Waals surface area contributed by atoms with E-state index in [1.807, 2.05) is 24.3 Å². The molecule has 4 rings (SSSR count). The molecule has 0 aliphatic carbocycles. The van der Waals surface area contributed by atoms with Gasteiger partial charge >= 0.3 is 6.03 Å². The van der Waals surface area contributed by atoms with Crippen molar-refractivity contribution in [3.05, 3.63) is 53.6 Å². The van der Waals surface area contributed by atoms with Crippen molar-refractivity contribution < 1.29 is 9.53 Å². The summed E-state index contributed by atoms with van der Waals surface area (Å²) in [6.07, 6.45) is 1.08. The van der Waals surface area contributed by atoms with E-state index in [2.05, 4.69) is 57.6 Å². The Kier molecular flexibility index (Phi) is 6.63. The molecule has 2 aromatic rings. The Morgan fingerprint density at radius 2 is 1.84 bits per heavy atom. The lowest BCUT2D eigenvalue weighted by atomic mass is 10.00. The number of hydrogen-bond acceptors (Lipinski definition) is 5. The summed E-state index contributed by atoms with van der Waals surface area (Å²) in [6, 6.07) is 14.2. The minimum absolute atomic E-state index is 0.147. The van der Waals surface area contributed by atoms with Crippen LogP contribution in [0.1, 0.15) is 17.2 Å². The number of hydrogen-bond donors (Lipinski definition) is 2. The number of piperazine rings is 1. The Bertz CT molecular complexity index is 911. The topological polar surface area (TPSA) is 60.1 Å². The molecule has 0 bridgehead atoms. The minimum Gasteiger partial charge on any atom is -0.495 e. The second kappa shape index (κ2) is 9.58. The standard InChI is InChI=1S/C24H33N5O2/c1-27-12-14-29(15-13-27)22(18-8-9-21-19(16-18)10-11-28(21)2)17-25-24(30)26-20-6-4-5-7-23(20)31-3/h4-9,16,22H,10-15,17H2,1-3H3,(H2,25,26,30)/t22-/m1/s1. The smallest absolute Gasteiger partial charge is 0.319 e. The first-order valence-electron chi connectivity index (χ1n) is 11.0. The van der Waals surface area contributed by atoms with Gasteiger partial charge in [0.05, 0.1) is 18.8 Å². The van der Waals surface area contributed by atoms with Gasteiger partial charge in [-0.3, -0.25) is 4.90 Å². The number of ether oxygens (including phenoxy) is 1. The van der Waals surface area contributed by atoms with Crippen LogP contribution in [-0.4, -0.2) is 76.3 Å². The Morgan fingerprint density at radius 1 is 1.06 bits per heavy atom. The molecule has 2 aromatic carbocycles. The number of likely N-dealkylation sites (N-methyl/N-ethyl adjacent to an activating group) is 2. The Morgan fingerprint density at radius 3 is 2.61 bits per heavy atom. The number of benzene rings is 2. The summed E-state index contributed by atoms with van der Waals surface area (Å²) < 4.78 is 5.34. The van der Waals surface area contributed by atoms with Gasteiger partial charge in [0.15, 0.2) is 0 Å². The van der Waals surface area contributed by atoms with E-state index < -0.39 is 0 Å². The highest BCUT2D eigenvalue weighted by molar-refractivity contribution is 5.90. The molecule has 0 unspecified atom stereocenters. The number of fused-ring (bicyclic) bond motifs is 1. The highest BCUT2D eigenvalue weighted by Gasteiger charge is 2.26. The average molecular weight is 424 g/mol. The van der Waals surface area contributed by atoms with E-state index >= 15 is 0 Å². The van der Waals surface area contributed by atoms with Gasteiger partial charge in [-0.1, -0.05) is 24.3 Å². The van der Waals surface area contributed by atoms with Crippen LogP contribution in [0.3, 0.4) is 0 Å². The van der Waals surface area contributed by atoms with Gasteiger partial charge in [0.1, 0.15) is 5.75 Å². The number of urea groups is 1. The Labute approximate surface area is 185 Å². The molecular weight excluding hydrogens is 390 g/mol. The molecule has 1 saturated heterocycles. The fourth-order valence-electron chi connectivity index (χ4n) is 4.49. The molecule has 1 atom stereocenters. The van der Waals surface area contributed by atoms with Crippen LogP contribution in [0.2, 0.25) is 0 Å². The van der Waals surface area contributed by atoms with E-state index in [-0.39, 0.29) is 12.1 Å². The molecule has 1 fully saturated rings. The third kappa shape index (κ3) is 4.94. The zero-order chi connectivity index (χ0) is 21.8. The highest BCUT2D eigenvalue weighted by atomic mass is 16.5. The Balaban J connectivity index is 1.48. The highest BCUT2D eigenvalue weighted by Crippen LogP contribution is 2.31. The maximum absolute atomic E-state index is 12.7. The van der Waals surface area contributed by atoms with E-state index in [9.17, 15) is 4.79 Å². The summed E-state index contributed by atoms with van der Waals surface area (Å²) in [7, 11) is 5.91. The predicted molar refractivity (Wildman–Crippen MR) is 125 cm³/mol. The van der Waals surface area contributed by atoms with Crippen molar-refractivity contribution >= 4 is 17.4 Å². The van der Waals surface area contributed by atoms with Crippen molar-refractivity contribution in [3.8, 4) is 5.75 Å². The van der Waals surface area contributed by atoms with Crippen molar-refractivity contribution in [2.45, 2.75) is 12.5 Å². The van der Waals surface area contributed by atoms with E-state index in [4.69, 9.17) is 4.74 Å². The molecule has 0 radical (unpaired) electrons. The van der Waals surface area contributed by atoms with Gasteiger partial charge < -0.3 is 25.2 Å². The van der Waals surface area contributed by atoms with Gasteiger partial charge in [0.25, 0.3) is 0 Å². The van der Waals surface area contributed by atoms with Crippen LogP contribution < -0.4 is 20.3 Å². The molecule has 2 heterocycles. The number of rotatable bonds is 6. The first-order chi connectivity index (χ1) is 15.0. The number of para-hydroxylation sites is 2. The third-order valence-corrected chi connectivity index (χ3v) is 6.41. The molecule has 2 N–H and O–H groups in total. The third-order valence-electron chi connectivity index (χ3n) is 6.41. The summed E-state index contributed by atoms with van der Waals surface area (Å²) in [5.41, 5.74) is 4.66. The van der Waals surface area contributed by atoms with Gasteiger partial charge in [-0.2, -0.15) is 0 Å². The van der Waals surface area contributed by atoms with Crippen LogP contribution in [-0.2, 0) is 6.42 Å². The quantitative estimate of drug-likeness (QED) is 0.748. The normalized spacial score (nSPS) is 17.8. The van der Waals surface area contributed by atoms with Crippen LogP contribution in [0, 0.1) is 0 Å². The molecule has 2 amide bonds. The first kappa shape index (κ1) is 21.5. The van der Waals surface area contributed by atoms with Crippen LogP contribution in [0.5, 0.6) is 5.75 Å². The van der Waals surface area contributed by atoms with Gasteiger partial charge in [-0.05, 0) is 42.8 Å². The van der Waals surface area contributed by atoms with E-state index in [0.717, 1.165) is 39.1 Å². The SMILES string of the molecule is COc1ccccc1NC(=O)NC[C@H](c1ccc2c(c1)CCN2C)N1CCN(C)CC1. The van der Waals surface area contributed by atoms with Gasteiger partial charge in [-0.25, -0.2) is 4.79 Å². The summed E-state index contributed by atoms with van der Waals surface area (Å²) >= 11 is 0. The zero-order valence-electron chi connectivity index (χ0n) is 18.7. The molecule has 2 aliphatic heterocycles. The molecular formula is C24H33N5O2. The molecule has 31 heavy (non-hydrogen) atoms. The van der Waals surface area contributed by atoms with Crippen LogP contribution in [0.4, 0.5) is 16.2 Å². The minimum atomic E-state index is -0.218. The molecule has 0 aromatic heterocycles. The molecule has 2 aliphatic rings. The molecule has 7 heteroatoms. The zero-order valence-corrected chi connectivity index (χ0v) is 18.7. The van der Waals surface area contributed by atoms with E-state index in [1.165, 1.54) is 16.8 Å². The van der Waals surface area contributed by atoms with Crippen molar-refractivity contribution in [1.29, 1.82) is 0 Å². The maximum Gasteiger partial charge on any atom is 0.319 e. The lowest BCUT2D eigenvalue weighted by Crippen LogP contribution is -2.48. The summed E-state index contributed by atoms with van der Waals surface area (Å²) in [5.74, 6) is 0.649. The lowest BCUT2D eigenvalue weighted by molar-refractivity contribution is 0.111. The van der Waals surface area contributed by atoms with Crippen LogP contribution in [0.15, 0.2) is 42.5 Å². The largest absolute Gasteiger partial charge is 0.495 e. The number of nitrogens with zero attached hydrogens (tertiary/aromatic N) is 3. The lowest BCUT2D eigenvalue weighted by Gasteiger charge is -2.38. The summed E-state index contributed by atoms with van der Waals surface area (Å²) in [5, 5.41) is 6.01. The van der Waals surface area contributed by atoms with Gasteiger partial charge in [0.2, 0.25) is 0 Å². The second-order valence-electron chi connectivity index (χ2n) is 8.45. The number of anilines is 2. The van der Waals surface area contributed by atoms with Crippen molar-refractivity contribution in [3.63, 3.8) is 0 Å². The van der Waals surface area contributed by atoms with Crippen molar-refractivity contribution in [2.24, 2.45) is 0 Å². The molecule has 0 spiro atoms. The van der Waals surface area contributed by atoms with Crippen molar-refractivity contribution in [1.82, 2.24) is 15.1 Å². The maximum atomic E-state index is 12.7. The van der Waals surface area contributed by atoms with Gasteiger partial charge in [0, 0.05) is 52.0 Å². The number of methoxy groups -OCH3 is 1. The number of carbonyl (C=O) groups is 1. The monoisotopic (exact) mass is 423 g/mol. The molecule has 0 saturated carbocycles. The Hall–Kier alpha value is -2.77. The fraction of sp³-hybridized carbons (Fsp3) is 0.458. The van der Waals surface area contributed by atoms with Gasteiger partial charge in [-0.15, -0.1) is 0 Å². The number of nitrogens with one attached hydrogen (secondary N) is 2. The summed E-state index contributed by atoms with van der Waals surface area (Å²) in [6.45, 7) is 5.69. The molecule has 166 valence electrons. The fourth-order valence-corrected chi connectivity index (χ4v) is 4.49. The summed E-state index contributed by atoms with van der Waals surface area (Å²) in [4.78, 5) is 19.8. The first-order valence-corrected chi connectivity index (χ1v) is 11.0. The van der Waals surface area contributed by atoms with E-state index in [0.29, 0.717) is 18.0 Å². The molecule has 7 nitrogen and oxygen atoms in total. The number of amides is 2.